The number of pyridine rings is 1. The van der Waals surface area contributed by atoms with Gasteiger partial charge in [-0.05, 0) is 73.2 Å². The zero-order valence-electron chi connectivity index (χ0n) is 18.5. The van der Waals surface area contributed by atoms with Crippen LogP contribution in [0.15, 0.2) is 79.1 Å². The molecule has 5 aromatic rings. The highest BCUT2D eigenvalue weighted by atomic mass is 19.1. The second-order valence-electron chi connectivity index (χ2n) is 7.68. The number of carbonyl (C=O) groups excluding carboxylic acids is 1. The lowest BCUT2D eigenvalue weighted by Crippen LogP contribution is -2.13. The molecule has 3 aromatic heterocycles. The molecule has 8 heteroatoms. The summed E-state index contributed by atoms with van der Waals surface area (Å²) in [7, 11) is 1.55. The molecule has 1 amide bonds. The van der Waals surface area contributed by atoms with Gasteiger partial charge in [0.25, 0.3) is 5.91 Å². The van der Waals surface area contributed by atoms with Gasteiger partial charge in [0.15, 0.2) is 5.65 Å². The van der Waals surface area contributed by atoms with E-state index >= 15 is 0 Å². The number of aryl methyl sites for hydroxylation is 1. The van der Waals surface area contributed by atoms with Crippen LogP contribution in [-0.4, -0.2) is 32.6 Å². The lowest BCUT2D eigenvalue weighted by atomic mass is 10.0. The van der Waals surface area contributed by atoms with Gasteiger partial charge in [-0.15, -0.1) is 0 Å². The fourth-order valence-electron chi connectivity index (χ4n) is 3.74. The Hall–Kier alpha value is -4.59. The summed E-state index contributed by atoms with van der Waals surface area (Å²) < 4.78 is 20.8. The molecule has 5 rings (SSSR count). The number of rotatable bonds is 5. The van der Waals surface area contributed by atoms with E-state index in [1.54, 1.807) is 79.5 Å². The van der Waals surface area contributed by atoms with Gasteiger partial charge in [-0.2, -0.15) is 5.10 Å². The van der Waals surface area contributed by atoms with Crippen molar-refractivity contribution in [1.29, 1.82) is 0 Å². The summed E-state index contributed by atoms with van der Waals surface area (Å²) in [6.45, 7) is 1.71. The van der Waals surface area contributed by atoms with E-state index in [1.807, 2.05) is 12.1 Å². The fourth-order valence-corrected chi connectivity index (χ4v) is 3.74. The number of aromatic nitrogens is 4. The standard InChI is InChI=1S/C26H20FN5O2/c1-16-13-17(8-9-21(16)27)24-25(32-23(31-24)7-4-11-29-32)18-10-12-28-22(15-18)30-26(33)19-5-3-6-20(14-19)34-2/h3-15H,1-2H3,(H,28,30,33). The van der Waals surface area contributed by atoms with Crippen LogP contribution in [0.2, 0.25) is 0 Å². The van der Waals surface area contributed by atoms with E-state index in [-0.39, 0.29) is 11.7 Å². The maximum Gasteiger partial charge on any atom is 0.256 e. The fraction of sp³-hybridized carbons (Fsp3) is 0.0769. The number of halogens is 1. The lowest BCUT2D eigenvalue weighted by Gasteiger charge is -2.09. The molecule has 0 saturated carbocycles. The zero-order chi connectivity index (χ0) is 23.7. The van der Waals surface area contributed by atoms with Crippen LogP contribution in [0.25, 0.3) is 28.2 Å². The van der Waals surface area contributed by atoms with Crippen LogP contribution < -0.4 is 10.1 Å². The molecule has 0 unspecified atom stereocenters. The van der Waals surface area contributed by atoms with Gasteiger partial charge in [-0.1, -0.05) is 6.07 Å². The summed E-state index contributed by atoms with van der Waals surface area (Å²) in [5.74, 6) is 0.371. The van der Waals surface area contributed by atoms with Gasteiger partial charge >= 0.3 is 0 Å². The molecule has 0 aliphatic carbocycles. The van der Waals surface area contributed by atoms with Crippen molar-refractivity contribution in [3.63, 3.8) is 0 Å². The monoisotopic (exact) mass is 453 g/mol. The molecule has 0 bridgehead atoms. The number of hydrogen-bond donors (Lipinski definition) is 1. The summed E-state index contributed by atoms with van der Waals surface area (Å²) in [5, 5.41) is 7.29. The Labute approximate surface area is 194 Å². The predicted molar refractivity (Wildman–Crippen MR) is 127 cm³/mol. The van der Waals surface area contributed by atoms with Crippen LogP contribution in [0.1, 0.15) is 15.9 Å². The first kappa shape index (κ1) is 21.3. The van der Waals surface area contributed by atoms with E-state index in [0.29, 0.717) is 39.7 Å². The van der Waals surface area contributed by atoms with Crippen molar-refractivity contribution in [3.8, 4) is 28.3 Å². The number of imidazole rings is 1. The Morgan fingerprint density at radius 1 is 1.00 bits per heavy atom. The highest BCUT2D eigenvalue weighted by molar-refractivity contribution is 6.04. The lowest BCUT2D eigenvalue weighted by molar-refractivity contribution is 0.102. The number of amides is 1. The molecule has 0 saturated heterocycles. The predicted octanol–water partition coefficient (Wildman–Crippen LogP) is 5.17. The first-order valence-corrected chi connectivity index (χ1v) is 10.6. The molecule has 0 aliphatic rings. The second-order valence-corrected chi connectivity index (χ2v) is 7.68. The number of anilines is 1. The van der Waals surface area contributed by atoms with Crippen molar-refractivity contribution >= 4 is 17.4 Å². The smallest absolute Gasteiger partial charge is 0.256 e. The Morgan fingerprint density at radius 2 is 1.88 bits per heavy atom. The van der Waals surface area contributed by atoms with Crippen LogP contribution in [0.5, 0.6) is 5.75 Å². The Kier molecular flexibility index (Phi) is 5.47. The van der Waals surface area contributed by atoms with E-state index in [0.717, 1.165) is 11.1 Å². The van der Waals surface area contributed by atoms with E-state index in [2.05, 4.69) is 15.4 Å². The second kappa shape index (κ2) is 8.74. The van der Waals surface area contributed by atoms with Gasteiger partial charge in [-0.3, -0.25) is 4.79 Å². The summed E-state index contributed by atoms with van der Waals surface area (Å²) in [6.07, 6.45) is 3.28. The largest absolute Gasteiger partial charge is 0.497 e. The van der Waals surface area contributed by atoms with Crippen LogP contribution in [0.3, 0.4) is 0 Å². The first-order chi connectivity index (χ1) is 16.5. The highest BCUT2D eigenvalue weighted by Crippen LogP contribution is 2.33. The molecule has 1 N–H and O–H groups in total. The number of nitrogens with zero attached hydrogens (tertiary/aromatic N) is 4. The van der Waals surface area contributed by atoms with Gasteiger partial charge < -0.3 is 10.1 Å². The zero-order valence-corrected chi connectivity index (χ0v) is 18.5. The van der Waals surface area contributed by atoms with E-state index < -0.39 is 0 Å². The van der Waals surface area contributed by atoms with Crippen LogP contribution >= 0.6 is 0 Å². The number of methoxy groups -OCH3 is 1. The first-order valence-electron chi connectivity index (χ1n) is 10.6. The third-order valence-electron chi connectivity index (χ3n) is 5.43. The van der Waals surface area contributed by atoms with Gasteiger partial charge in [0.2, 0.25) is 0 Å². The molecule has 0 aliphatic heterocycles. The van der Waals surface area contributed by atoms with Crippen molar-refractivity contribution in [2.45, 2.75) is 6.92 Å². The minimum Gasteiger partial charge on any atom is -0.497 e. The molecule has 0 atom stereocenters. The number of ether oxygens (including phenoxy) is 1. The molecule has 0 fully saturated rings. The van der Waals surface area contributed by atoms with E-state index in [4.69, 9.17) is 9.72 Å². The van der Waals surface area contributed by atoms with Crippen LogP contribution in [0.4, 0.5) is 10.2 Å². The summed E-state index contributed by atoms with van der Waals surface area (Å²) in [5.41, 5.74) is 4.49. The number of fused-ring (bicyclic) bond motifs is 1. The van der Waals surface area contributed by atoms with Crippen molar-refractivity contribution < 1.29 is 13.9 Å². The molecule has 0 spiro atoms. The summed E-state index contributed by atoms with van der Waals surface area (Å²) in [6, 6.07) is 19.0. The average Bonchev–Trinajstić information content (AvgIpc) is 3.25. The van der Waals surface area contributed by atoms with Gasteiger partial charge in [-0.25, -0.2) is 18.9 Å². The number of benzene rings is 2. The number of hydrogen-bond acceptors (Lipinski definition) is 5. The number of nitrogens with one attached hydrogen (secondary N) is 1. The van der Waals surface area contributed by atoms with Gasteiger partial charge in [0, 0.05) is 29.1 Å². The van der Waals surface area contributed by atoms with E-state index in [9.17, 15) is 9.18 Å². The van der Waals surface area contributed by atoms with Crippen molar-refractivity contribution in [2.24, 2.45) is 0 Å². The minimum absolute atomic E-state index is 0.279. The Bertz CT molecular complexity index is 1530. The van der Waals surface area contributed by atoms with Crippen molar-refractivity contribution in [3.05, 3.63) is 96.1 Å². The minimum atomic E-state index is -0.311. The molecular formula is C26H20FN5O2. The average molecular weight is 453 g/mol. The molecule has 3 heterocycles. The maximum absolute atomic E-state index is 13.9. The molecular weight excluding hydrogens is 433 g/mol. The van der Waals surface area contributed by atoms with E-state index in [1.165, 1.54) is 6.07 Å². The normalized spacial score (nSPS) is 10.9. The highest BCUT2D eigenvalue weighted by Gasteiger charge is 2.18. The Balaban J connectivity index is 1.57. The molecule has 7 nitrogen and oxygen atoms in total. The SMILES string of the molecule is COc1cccc(C(=O)Nc2cc(-c3c(-c4ccc(F)c(C)c4)nc4cccnn34)ccn2)c1. The topological polar surface area (TPSA) is 81.4 Å². The van der Waals surface area contributed by atoms with Gasteiger partial charge in [0.05, 0.1) is 12.8 Å². The summed E-state index contributed by atoms with van der Waals surface area (Å²) >= 11 is 0. The van der Waals surface area contributed by atoms with Crippen molar-refractivity contribution in [1.82, 2.24) is 19.6 Å². The molecule has 34 heavy (non-hydrogen) atoms. The van der Waals surface area contributed by atoms with Crippen molar-refractivity contribution in [2.75, 3.05) is 12.4 Å². The third kappa shape index (κ3) is 3.97. The van der Waals surface area contributed by atoms with Gasteiger partial charge in [0.1, 0.15) is 23.1 Å². The van der Waals surface area contributed by atoms with Crippen LogP contribution in [-0.2, 0) is 0 Å². The van der Waals surface area contributed by atoms with Crippen LogP contribution in [0, 0.1) is 12.7 Å². The molecule has 168 valence electrons. The molecule has 0 radical (unpaired) electrons. The quantitative estimate of drug-likeness (QED) is 0.397. The third-order valence-corrected chi connectivity index (χ3v) is 5.43. The molecule has 2 aromatic carbocycles. The maximum atomic E-state index is 13.9. The summed E-state index contributed by atoms with van der Waals surface area (Å²) in [4.78, 5) is 21.8. The Morgan fingerprint density at radius 3 is 2.71 bits per heavy atom. The number of carbonyl (C=O) groups is 1.